The lowest BCUT2D eigenvalue weighted by Crippen LogP contribution is -1.81. The molecular formula is C7H10FN3. The molecular weight excluding hydrogens is 145 g/mol. The summed E-state index contributed by atoms with van der Waals surface area (Å²) in [5, 5.41) is 5.86. The van der Waals surface area contributed by atoms with Crippen LogP contribution < -0.4 is 11.3 Å². The molecule has 0 aliphatic carbocycles. The molecule has 0 aromatic heterocycles. The van der Waals surface area contributed by atoms with Crippen LogP contribution in [0.15, 0.2) is 30.3 Å². The smallest absolute Gasteiger partial charge is 0.0765 e. The third-order valence-corrected chi connectivity index (χ3v) is 0.883. The van der Waals surface area contributed by atoms with Crippen molar-refractivity contribution in [2.24, 2.45) is 5.73 Å². The van der Waals surface area contributed by atoms with Crippen LogP contribution in [0.2, 0.25) is 0 Å². The van der Waals surface area contributed by atoms with Crippen molar-refractivity contribution in [2.45, 2.75) is 0 Å². The Labute approximate surface area is 64.5 Å². The second-order valence-corrected chi connectivity index (χ2v) is 1.63. The van der Waals surface area contributed by atoms with Crippen molar-refractivity contribution >= 4 is 12.0 Å². The maximum absolute atomic E-state index is 11.5. The van der Waals surface area contributed by atoms with Crippen molar-refractivity contribution in [2.75, 3.05) is 5.54 Å². The molecule has 0 amide bonds. The predicted molar refractivity (Wildman–Crippen MR) is 44.1 cm³/mol. The average molecular weight is 155 g/mol. The van der Waals surface area contributed by atoms with Crippen molar-refractivity contribution < 1.29 is 4.48 Å². The summed E-state index contributed by atoms with van der Waals surface area (Å²) in [7, 11) is 0. The van der Waals surface area contributed by atoms with Crippen LogP contribution in [-0.2, 0) is 0 Å². The van der Waals surface area contributed by atoms with E-state index in [9.17, 15) is 4.48 Å². The van der Waals surface area contributed by atoms with Crippen LogP contribution in [0, 0.1) is 5.41 Å². The summed E-state index contributed by atoms with van der Waals surface area (Å²) in [6, 6.07) is 8.67. The first-order chi connectivity index (χ1) is 5.35. The molecule has 0 aliphatic rings. The average Bonchev–Trinajstić information content (AvgIpc) is 2.08. The Balaban J connectivity index is 0.000000292. The number of nitrogens with two attached hydrogens (primary N) is 1. The normalized spacial score (nSPS) is 7.36. The van der Waals surface area contributed by atoms with Crippen molar-refractivity contribution in [3.05, 3.63) is 30.3 Å². The molecule has 0 saturated heterocycles. The highest BCUT2D eigenvalue weighted by Gasteiger charge is 1.80. The van der Waals surface area contributed by atoms with E-state index in [0.717, 1.165) is 6.34 Å². The second kappa shape index (κ2) is 6.54. The van der Waals surface area contributed by atoms with Gasteiger partial charge in [-0.25, -0.2) is 5.54 Å². The minimum atomic E-state index is 0.493. The van der Waals surface area contributed by atoms with Crippen LogP contribution in [0.25, 0.3) is 0 Å². The maximum atomic E-state index is 11.5. The van der Waals surface area contributed by atoms with Gasteiger partial charge in [0.1, 0.15) is 0 Å². The number of nitrogens with one attached hydrogen (secondary N) is 2. The van der Waals surface area contributed by atoms with E-state index >= 15 is 0 Å². The zero-order valence-electron chi connectivity index (χ0n) is 5.92. The number of hydrogen-bond donors (Lipinski definition) is 3. The molecule has 1 rings (SSSR count). The van der Waals surface area contributed by atoms with Crippen molar-refractivity contribution in [1.82, 2.24) is 0 Å². The highest BCUT2D eigenvalue weighted by molar-refractivity contribution is 5.46. The lowest BCUT2D eigenvalue weighted by atomic mass is 10.3. The Bertz CT molecular complexity index is 188. The Morgan fingerprint density at radius 2 is 1.82 bits per heavy atom. The second-order valence-electron chi connectivity index (χ2n) is 1.63. The fourth-order valence-electron chi connectivity index (χ4n) is 0.501. The molecule has 0 aliphatic heterocycles. The first-order valence-corrected chi connectivity index (χ1v) is 2.97. The molecule has 0 unspecified atom stereocenters. The molecule has 4 heteroatoms. The summed E-state index contributed by atoms with van der Waals surface area (Å²) in [4.78, 5) is 0. The van der Waals surface area contributed by atoms with Crippen LogP contribution in [0.4, 0.5) is 10.2 Å². The third kappa shape index (κ3) is 4.90. The monoisotopic (exact) mass is 155 g/mol. The van der Waals surface area contributed by atoms with Crippen LogP contribution in [0.1, 0.15) is 0 Å². The van der Waals surface area contributed by atoms with Crippen LogP contribution in [0.3, 0.4) is 0 Å². The quantitative estimate of drug-likeness (QED) is 0.327. The van der Waals surface area contributed by atoms with Crippen LogP contribution >= 0.6 is 0 Å². The lowest BCUT2D eigenvalue weighted by Gasteiger charge is -1.89. The first-order valence-electron chi connectivity index (χ1n) is 2.97. The van der Waals surface area contributed by atoms with E-state index in [1.165, 1.54) is 5.54 Å². The van der Waals surface area contributed by atoms with Gasteiger partial charge in [-0.15, -0.1) is 4.48 Å². The minimum absolute atomic E-state index is 0.493. The highest BCUT2D eigenvalue weighted by Crippen LogP contribution is 2.03. The van der Waals surface area contributed by atoms with E-state index in [0.29, 0.717) is 5.69 Å². The Hall–Kier alpha value is -1.58. The summed E-state index contributed by atoms with van der Waals surface area (Å²) in [6.07, 6.45) is 0.750. The zero-order chi connectivity index (χ0) is 8.53. The number of benzene rings is 1. The van der Waals surface area contributed by atoms with Gasteiger partial charge in [-0.2, -0.15) is 0 Å². The molecule has 0 saturated carbocycles. The third-order valence-electron chi connectivity index (χ3n) is 0.883. The van der Waals surface area contributed by atoms with Crippen LogP contribution in [-0.4, -0.2) is 6.34 Å². The molecule has 0 spiro atoms. The van der Waals surface area contributed by atoms with Gasteiger partial charge in [0.15, 0.2) is 0 Å². The van der Waals surface area contributed by atoms with Gasteiger partial charge in [0, 0.05) is 0 Å². The molecule has 11 heavy (non-hydrogen) atoms. The number of para-hydroxylation sites is 1. The molecule has 0 heterocycles. The van der Waals surface area contributed by atoms with Crippen molar-refractivity contribution in [1.29, 1.82) is 5.41 Å². The van der Waals surface area contributed by atoms with Crippen molar-refractivity contribution in [3.8, 4) is 0 Å². The van der Waals surface area contributed by atoms with Gasteiger partial charge in [0.2, 0.25) is 0 Å². The summed E-state index contributed by atoms with van der Waals surface area (Å²) in [5.74, 6) is 0. The van der Waals surface area contributed by atoms with E-state index in [1.807, 2.05) is 6.07 Å². The van der Waals surface area contributed by atoms with Gasteiger partial charge in [-0.3, -0.25) is 5.41 Å². The Kier molecular flexibility index (Phi) is 5.60. The Morgan fingerprint density at radius 1 is 1.36 bits per heavy atom. The van der Waals surface area contributed by atoms with Crippen LogP contribution in [0.5, 0.6) is 0 Å². The van der Waals surface area contributed by atoms with Gasteiger partial charge in [0.05, 0.1) is 12.0 Å². The summed E-state index contributed by atoms with van der Waals surface area (Å²) < 4.78 is 11.5. The molecule has 0 fully saturated rings. The van der Waals surface area contributed by atoms with Gasteiger partial charge < -0.3 is 5.73 Å². The highest BCUT2D eigenvalue weighted by atomic mass is 19.2. The summed E-state index contributed by atoms with van der Waals surface area (Å²) in [6.45, 7) is 0. The fourth-order valence-corrected chi connectivity index (χ4v) is 0.501. The standard InChI is InChI=1S/C6H6FN.CH4N2/c7-8-6-4-2-1-3-5-6;2-1-3/h1-5,8H;1H,(H3,2,3). The molecule has 0 atom stereocenters. The molecule has 60 valence electrons. The maximum Gasteiger partial charge on any atom is 0.0765 e. The van der Waals surface area contributed by atoms with Gasteiger partial charge >= 0.3 is 0 Å². The molecule has 0 bridgehead atoms. The van der Waals surface area contributed by atoms with Gasteiger partial charge in [-0.1, -0.05) is 18.2 Å². The van der Waals surface area contributed by atoms with E-state index in [-0.39, 0.29) is 0 Å². The van der Waals surface area contributed by atoms with Crippen molar-refractivity contribution in [3.63, 3.8) is 0 Å². The largest absolute Gasteiger partial charge is 0.390 e. The SMILES string of the molecule is FNc1ccccc1.N=CN. The van der Waals surface area contributed by atoms with E-state index < -0.39 is 0 Å². The molecule has 4 N–H and O–H groups in total. The summed E-state index contributed by atoms with van der Waals surface area (Å²) >= 11 is 0. The molecule has 1 aromatic rings. The van der Waals surface area contributed by atoms with E-state index in [2.05, 4.69) is 5.73 Å². The zero-order valence-corrected chi connectivity index (χ0v) is 5.92. The predicted octanol–water partition coefficient (Wildman–Crippen LogP) is 1.54. The molecule has 0 radical (unpaired) electrons. The summed E-state index contributed by atoms with van der Waals surface area (Å²) in [5.41, 5.74) is 6.41. The van der Waals surface area contributed by atoms with E-state index in [4.69, 9.17) is 5.41 Å². The number of hydrogen-bond acceptors (Lipinski definition) is 2. The lowest BCUT2D eigenvalue weighted by molar-refractivity contribution is 0.618. The van der Waals surface area contributed by atoms with Gasteiger partial charge in [-0.05, 0) is 12.1 Å². The van der Waals surface area contributed by atoms with Gasteiger partial charge in [0.25, 0.3) is 0 Å². The number of anilines is 1. The van der Waals surface area contributed by atoms with E-state index in [1.54, 1.807) is 24.3 Å². The molecule has 3 nitrogen and oxygen atoms in total. The first kappa shape index (κ1) is 9.42. The minimum Gasteiger partial charge on any atom is -0.390 e. The fraction of sp³-hybridized carbons (Fsp3) is 0. The molecule has 1 aromatic carbocycles. The number of halogens is 1. The Morgan fingerprint density at radius 3 is 2.09 bits per heavy atom. The number of rotatable bonds is 1. The topological polar surface area (TPSA) is 61.9 Å².